The summed E-state index contributed by atoms with van der Waals surface area (Å²) in [6.45, 7) is 2.79. The first-order valence-electron chi connectivity index (χ1n) is 9.56. The standard InChI is InChI=1S/C21H23F3N4O3/c1-13-27-17-11-18(30-3)19(31-8-4-7-29-2)10-16(17)20(28-13)26-12-15-9-14(5-6-25-15)21(22,23)24/h5-6,9-11H,4,7-8,12H2,1-3H3,(H,26,27,28). The number of halogens is 3. The molecule has 2 aromatic heterocycles. The van der Waals surface area contributed by atoms with E-state index < -0.39 is 11.7 Å². The summed E-state index contributed by atoms with van der Waals surface area (Å²) in [6.07, 6.45) is -2.59. The molecule has 1 N–H and O–H groups in total. The molecule has 0 bridgehead atoms. The number of methoxy groups -OCH3 is 2. The van der Waals surface area contributed by atoms with Gasteiger partial charge >= 0.3 is 6.18 Å². The Balaban J connectivity index is 1.89. The van der Waals surface area contributed by atoms with Crippen molar-refractivity contribution in [2.24, 2.45) is 0 Å². The molecule has 2 heterocycles. The minimum Gasteiger partial charge on any atom is -0.493 e. The van der Waals surface area contributed by atoms with Crippen LogP contribution in [0.5, 0.6) is 11.5 Å². The fourth-order valence-corrected chi connectivity index (χ4v) is 2.97. The van der Waals surface area contributed by atoms with E-state index in [-0.39, 0.29) is 12.2 Å². The lowest BCUT2D eigenvalue weighted by molar-refractivity contribution is -0.137. The van der Waals surface area contributed by atoms with E-state index >= 15 is 0 Å². The molecule has 3 aromatic rings. The fraction of sp³-hybridized carbons (Fsp3) is 0.381. The van der Waals surface area contributed by atoms with E-state index in [1.54, 1.807) is 26.2 Å². The summed E-state index contributed by atoms with van der Waals surface area (Å²) in [7, 11) is 3.16. The van der Waals surface area contributed by atoms with Gasteiger partial charge in [0.25, 0.3) is 0 Å². The lowest BCUT2D eigenvalue weighted by Crippen LogP contribution is -2.09. The van der Waals surface area contributed by atoms with Gasteiger partial charge in [-0.25, -0.2) is 9.97 Å². The molecule has 3 rings (SSSR count). The van der Waals surface area contributed by atoms with Crippen LogP contribution in [0.4, 0.5) is 19.0 Å². The molecule has 1 aromatic carbocycles. The van der Waals surface area contributed by atoms with Gasteiger partial charge in [0, 0.05) is 37.8 Å². The number of hydrogen-bond donors (Lipinski definition) is 1. The zero-order chi connectivity index (χ0) is 22.4. The molecular weight excluding hydrogens is 413 g/mol. The molecule has 0 unspecified atom stereocenters. The Morgan fingerprint density at radius 3 is 2.55 bits per heavy atom. The lowest BCUT2D eigenvalue weighted by Gasteiger charge is -2.15. The second-order valence-corrected chi connectivity index (χ2v) is 6.72. The molecule has 7 nitrogen and oxygen atoms in total. The zero-order valence-corrected chi connectivity index (χ0v) is 17.4. The third kappa shape index (κ3) is 5.72. The Labute approximate surface area is 177 Å². The van der Waals surface area contributed by atoms with Gasteiger partial charge in [-0.1, -0.05) is 0 Å². The average Bonchev–Trinajstić information content (AvgIpc) is 2.74. The number of pyridine rings is 1. The molecule has 0 spiro atoms. The highest BCUT2D eigenvalue weighted by Gasteiger charge is 2.30. The van der Waals surface area contributed by atoms with Crippen LogP contribution in [0.2, 0.25) is 0 Å². The summed E-state index contributed by atoms with van der Waals surface area (Å²) in [5.41, 5.74) is 0.108. The number of aryl methyl sites for hydroxylation is 1. The van der Waals surface area contributed by atoms with Crippen LogP contribution in [0.3, 0.4) is 0 Å². The number of anilines is 1. The van der Waals surface area contributed by atoms with Crippen molar-refractivity contribution in [2.45, 2.75) is 26.1 Å². The Hall–Kier alpha value is -3.14. The molecule has 0 aliphatic heterocycles. The van der Waals surface area contributed by atoms with Crippen molar-refractivity contribution >= 4 is 16.7 Å². The van der Waals surface area contributed by atoms with Crippen LogP contribution in [0.15, 0.2) is 30.5 Å². The maximum absolute atomic E-state index is 13.0. The third-order valence-electron chi connectivity index (χ3n) is 4.42. The van der Waals surface area contributed by atoms with E-state index in [0.29, 0.717) is 53.7 Å². The van der Waals surface area contributed by atoms with Crippen molar-refractivity contribution in [2.75, 3.05) is 32.8 Å². The van der Waals surface area contributed by atoms with E-state index in [4.69, 9.17) is 14.2 Å². The second kappa shape index (κ2) is 9.78. The van der Waals surface area contributed by atoms with Crippen molar-refractivity contribution in [1.29, 1.82) is 0 Å². The number of nitrogens with one attached hydrogen (secondary N) is 1. The van der Waals surface area contributed by atoms with Crippen LogP contribution in [0.25, 0.3) is 10.9 Å². The van der Waals surface area contributed by atoms with Gasteiger partial charge in [0.2, 0.25) is 0 Å². The van der Waals surface area contributed by atoms with Crippen LogP contribution in [0, 0.1) is 6.92 Å². The van der Waals surface area contributed by atoms with E-state index in [1.165, 1.54) is 7.11 Å². The maximum Gasteiger partial charge on any atom is 0.416 e. The zero-order valence-electron chi connectivity index (χ0n) is 17.4. The van der Waals surface area contributed by atoms with Crippen LogP contribution >= 0.6 is 0 Å². The average molecular weight is 436 g/mol. The summed E-state index contributed by atoms with van der Waals surface area (Å²) in [6, 6.07) is 5.44. The third-order valence-corrected chi connectivity index (χ3v) is 4.42. The molecule has 0 saturated carbocycles. The SMILES string of the molecule is COCCCOc1cc2c(NCc3cc(C(F)(F)F)ccn3)nc(C)nc2cc1OC. The normalized spacial score (nSPS) is 11.5. The van der Waals surface area contributed by atoms with Crippen molar-refractivity contribution in [3.8, 4) is 11.5 Å². The summed E-state index contributed by atoms with van der Waals surface area (Å²) < 4.78 is 55.1. The van der Waals surface area contributed by atoms with E-state index in [1.807, 2.05) is 0 Å². The van der Waals surface area contributed by atoms with Crippen molar-refractivity contribution in [3.05, 3.63) is 47.5 Å². The van der Waals surface area contributed by atoms with Gasteiger partial charge in [-0.15, -0.1) is 0 Å². The number of aromatic nitrogens is 3. The Morgan fingerprint density at radius 2 is 1.84 bits per heavy atom. The monoisotopic (exact) mass is 436 g/mol. The highest BCUT2D eigenvalue weighted by atomic mass is 19.4. The topological polar surface area (TPSA) is 78.4 Å². The van der Waals surface area contributed by atoms with Gasteiger partial charge in [-0.3, -0.25) is 4.98 Å². The van der Waals surface area contributed by atoms with E-state index in [9.17, 15) is 13.2 Å². The Bertz CT molecular complexity index is 1040. The van der Waals surface area contributed by atoms with Crippen LogP contribution in [-0.4, -0.2) is 42.4 Å². The fourth-order valence-electron chi connectivity index (χ4n) is 2.97. The summed E-state index contributed by atoms with van der Waals surface area (Å²) >= 11 is 0. The maximum atomic E-state index is 13.0. The van der Waals surface area contributed by atoms with E-state index in [0.717, 1.165) is 18.3 Å². The predicted molar refractivity (Wildman–Crippen MR) is 109 cm³/mol. The molecule has 0 aliphatic carbocycles. The Morgan fingerprint density at radius 1 is 1.03 bits per heavy atom. The molecule has 0 amide bonds. The highest BCUT2D eigenvalue weighted by molar-refractivity contribution is 5.91. The van der Waals surface area contributed by atoms with Gasteiger partial charge in [0.1, 0.15) is 11.6 Å². The van der Waals surface area contributed by atoms with Gasteiger partial charge in [0.15, 0.2) is 11.5 Å². The van der Waals surface area contributed by atoms with E-state index in [2.05, 4.69) is 20.3 Å². The van der Waals surface area contributed by atoms with Crippen molar-refractivity contribution < 1.29 is 27.4 Å². The van der Waals surface area contributed by atoms with Gasteiger partial charge in [0.05, 0.1) is 37.0 Å². The molecular formula is C21H23F3N4O3. The first kappa shape index (κ1) is 22.5. The highest BCUT2D eigenvalue weighted by Crippen LogP contribution is 2.35. The molecule has 10 heteroatoms. The minimum atomic E-state index is -4.43. The number of fused-ring (bicyclic) bond motifs is 1. The van der Waals surface area contributed by atoms with Crippen molar-refractivity contribution in [1.82, 2.24) is 15.0 Å². The molecule has 0 aliphatic rings. The number of ether oxygens (including phenoxy) is 3. The number of benzene rings is 1. The number of nitrogens with zero attached hydrogens (tertiary/aromatic N) is 3. The summed E-state index contributed by atoms with van der Waals surface area (Å²) in [4.78, 5) is 12.8. The number of rotatable bonds is 9. The predicted octanol–water partition coefficient (Wildman–Crippen LogP) is 4.39. The Kier molecular flexibility index (Phi) is 7.11. The van der Waals surface area contributed by atoms with Gasteiger partial charge in [-0.2, -0.15) is 13.2 Å². The molecule has 31 heavy (non-hydrogen) atoms. The first-order chi connectivity index (χ1) is 14.8. The largest absolute Gasteiger partial charge is 0.493 e. The quantitative estimate of drug-likeness (QED) is 0.499. The molecule has 0 radical (unpaired) electrons. The number of hydrogen-bond acceptors (Lipinski definition) is 7. The summed E-state index contributed by atoms with van der Waals surface area (Å²) in [5.74, 6) is 2.00. The smallest absolute Gasteiger partial charge is 0.416 e. The molecule has 0 saturated heterocycles. The van der Waals surface area contributed by atoms with Crippen LogP contribution < -0.4 is 14.8 Å². The first-order valence-corrected chi connectivity index (χ1v) is 9.56. The van der Waals surface area contributed by atoms with Crippen LogP contribution in [0.1, 0.15) is 23.5 Å². The van der Waals surface area contributed by atoms with Crippen LogP contribution in [-0.2, 0) is 17.5 Å². The molecule has 0 atom stereocenters. The lowest BCUT2D eigenvalue weighted by atomic mass is 10.2. The molecule has 166 valence electrons. The second-order valence-electron chi connectivity index (χ2n) is 6.72. The molecule has 0 fully saturated rings. The minimum absolute atomic E-state index is 0.0610. The van der Waals surface area contributed by atoms with Gasteiger partial charge < -0.3 is 19.5 Å². The summed E-state index contributed by atoms with van der Waals surface area (Å²) in [5, 5.41) is 3.72. The van der Waals surface area contributed by atoms with Gasteiger partial charge in [-0.05, 0) is 25.1 Å². The number of alkyl halides is 3. The van der Waals surface area contributed by atoms with Crippen molar-refractivity contribution in [3.63, 3.8) is 0 Å².